The van der Waals surface area contributed by atoms with Crippen molar-refractivity contribution < 1.29 is 23.4 Å². The van der Waals surface area contributed by atoms with Gasteiger partial charge in [-0.05, 0) is 71.4 Å². The summed E-state index contributed by atoms with van der Waals surface area (Å²) in [5, 5.41) is 3.06. The fourth-order valence-corrected chi connectivity index (χ4v) is 5.41. The number of pyridine rings is 2. The number of hydrogen-bond donors (Lipinski definition) is 1. The van der Waals surface area contributed by atoms with Gasteiger partial charge in [0, 0.05) is 18.7 Å². The third-order valence-corrected chi connectivity index (χ3v) is 7.46. The van der Waals surface area contributed by atoms with E-state index in [1.807, 2.05) is 32.9 Å². The van der Waals surface area contributed by atoms with Gasteiger partial charge in [0.25, 0.3) is 0 Å². The summed E-state index contributed by atoms with van der Waals surface area (Å²) in [7, 11) is 0. The molecule has 2 bridgehead atoms. The molecule has 1 N–H and O–H groups in total. The first kappa shape index (κ1) is 24.2. The normalized spacial score (nSPS) is 26.7. The number of morpholine rings is 1. The van der Waals surface area contributed by atoms with E-state index in [9.17, 15) is 9.18 Å². The largest absolute Gasteiger partial charge is 0.444 e. The van der Waals surface area contributed by atoms with Crippen molar-refractivity contribution in [2.45, 2.75) is 76.0 Å². The van der Waals surface area contributed by atoms with Gasteiger partial charge in [-0.15, -0.1) is 0 Å². The smallest absolute Gasteiger partial charge is 0.408 e. The first-order chi connectivity index (χ1) is 16.7. The van der Waals surface area contributed by atoms with Gasteiger partial charge >= 0.3 is 6.09 Å². The molecule has 8 nitrogen and oxygen atoms in total. The first-order valence-electron chi connectivity index (χ1n) is 12.6. The molecule has 190 valence electrons. The Kier molecular flexibility index (Phi) is 6.34. The summed E-state index contributed by atoms with van der Waals surface area (Å²) in [6.45, 7) is 8.89. The number of halogens is 1. The number of rotatable bonds is 5. The fourth-order valence-electron chi connectivity index (χ4n) is 5.41. The number of aryl methyl sites for hydroxylation is 1. The number of aromatic nitrogens is 2. The minimum absolute atomic E-state index is 0.304. The Labute approximate surface area is 205 Å². The van der Waals surface area contributed by atoms with Crippen molar-refractivity contribution in [3.8, 4) is 0 Å². The van der Waals surface area contributed by atoms with Crippen molar-refractivity contribution in [3.63, 3.8) is 0 Å². The second-order valence-corrected chi connectivity index (χ2v) is 11.1. The van der Waals surface area contributed by atoms with Gasteiger partial charge in [-0.25, -0.2) is 14.2 Å². The summed E-state index contributed by atoms with van der Waals surface area (Å²) >= 11 is 0. The number of nitrogens with one attached hydrogen (secondary N) is 1. The zero-order valence-electron chi connectivity index (χ0n) is 20.9. The Balaban J connectivity index is 1.28. The predicted octanol–water partition coefficient (Wildman–Crippen LogP) is 4.14. The number of fused-ring (bicyclic) bond motifs is 4. The Morgan fingerprint density at radius 1 is 1.20 bits per heavy atom. The van der Waals surface area contributed by atoms with E-state index in [0.29, 0.717) is 49.3 Å². The molecule has 2 aromatic heterocycles. The molecule has 1 aliphatic carbocycles. The highest BCUT2D eigenvalue weighted by Gasteiger charge is 2.50. The zero-order chi connectivity index (χ0) is 24.7. The molecule has 3 aliphatic heterocycles. The molecule has 5 heterocycles. The Morgan fingerprint density at radius 2 is 1.94 bits per heavy atom. The summed E-state index contributed by atoms with van der Waals surface area (Å²) in [5.74, 6) is 0.505. The maximum absolute atomic E-state index is 15.0. The summed E-state index contributed by atoms with van der Waals surface area (Å²) in [6.07, 6.45) is 5.41. The van der Waals surface area contributed by atoms with Crippen LogP contribution in [0.3, 0.4) is 0 Å². The van der Waals surface area contributed by atoms with Crippen molar-refractivity contribution >= 4 is 22.9 Å². The SMILES string of the molecule is CC(C)(C)OC(=O)NC12CCC(CCc3c(F)cnc4ccc(N5CCOCC5)nc34)(CC1)OC2. The lowest BCUT2D eigenvalue weighted by Crippen LogP contribution is -2.63. The van der Waals surface area contributed by atoms with Crippen molar-refractivity contribution in [3.05, 3.63) is 29.7 Å². The molecule has 0 spiro atoms. The van der Waals surface area contributed by atoms with Gasteiger partial charge in [-0.1, -0.05) is 0 Å². The van der Waals surface area contributed by atoms with Crippen molar-refractivity contribution in [2.75, 3.05) is 37.8 Å². The zero-order valence-corrected chi connectivity index (χ0v) is 20.9. The molecule has 6 rings (SSSR count). The van der Waals surface area contributed by atoms with E-state index in [0.717, 1.165) is 44.6 Å². The van der Waals surface area contributed by atoms with E-state index in [1.165, 1.54) is 6.20 Å². The molecule has 4 fully saturated rings. The van der Waals surface area contributed by atoms with E-state index in [-0.39, 0.29) is 17.0 Å². The van der Waals surface area contributed by atoms with Crippen LogP contribution in [0, 0.1) is 5.82 Å². The van der Waals surface area contributed by atoms with Crippen LogP contribution in [0.4, 0.5) is 15.0 Å². The van der Waals surface area contributed by atoms with Crippen LogP contribution in [0.1, 0.15) is 58.4 Å². The number of alkyl carbamates (subject to hydrolysis) is 1. The quantitative estimate of drug-likeness (QED) is 0.680. The molecule has 9 heteroatoms. The van der Waals surface area contributed by atoms with E-state index < -0.39 is 11.7 Å². The lowest BCUT2D eigenvalue weighted by atomic mass is 9.69. The summed E-state index contributed by atoms with van der Waals surface area (Å²) in [4.78, 5) is 23.6. The van der Waals surface area contributed by atoms with Gasteiger partial charge < -0.3 is 24.4 Å². The predicted molar refractivity (Wildman–Crippen MR) is 130 cm³/mol. The van der Waals surface area contributed by atoms with E-state index >= 15 is 0 Å². The highest BCUT2D eigenvalue weighted by molar-refractivity contribution is 5.80. The second kappa shape index (κ2) is 9.17. The third kappa shape index (κ3) is 5.21. The van der Waals surface area contributed by atoms with Gasteiger partial charge in [0.1, 0.15) is 17.2 Å². The Bertz CT molecular complexity index is 1070. The molecular weight excluding hydrogens is 451 g/mol. The third-order valence-electron chi connectivity index (χ3n) is 7.46. The maximum atomic E-state index is 15.0. The summed E-state index contributed by atoms with van der Waals surface area (Å²) in [6, 6.07) is 3.87. The van der Waals surface area contributed by atoms with Gasteiger partial charge in [-0.3, -0.25) is 4.98 Å². The van der Waals surface area contributed by atoms with Crippen molar-refractivity contribution in [2.24, 2.45) is 0 Å². The highest BCUT2D eigenvalue weighted by Crippen LogP contribution is 2.46. The number of nitrogens with zero attached hydrogens (tertiary/aromatic N) is 3. The van der Waals surface area contributed by atoms with E-state index in [2.05, 4.69) is 15.2 Å². The topological polar surface area (TPSA) is 85.8 Å². The number of ether oxygens (including phenoxy) is 3. The fraction of sp³-hybridized carbons (Fsp3) is 0.654. The summed E-state index contributed by atoms with van der Waals surface area (Å²) in [5.41, 5.74) is 0.691. The van der Waals surface area contributed by atoms with Crippen LogP contribution in [0.15, 0.2) is 18.3 Å². The Morgan fingerprint density at radius 3 is 2.60 bits per heavy atom. The van der Waals surface area contributed by atoms with Gasteiger partial charge in [0.15, 0.2) is 0 Å². The standard InChI is InChI=1S/C26H35FN4O4/c1-24(2,3)35-23(32)30-25-8-10-26(11-9-25,34-17-25)7-6-18-19(27)16-28-20-4-5-21(29-22(18)20)31-12-14-33-15-13-31/h4-5,16H,6-15,17H2,1-3H3,(H,30,32). The molecular formula is C26H35FN4O4. The molecule has 2 aromatic rings. The molecule has 0 aromatic carbocycles. The van der Waals surface area contributed by atoms with Crippen molar-refractivity contribution in [1.82, 2.24) is 15.3 Å². The van der Waals surface area contributed by atoms with Crippen LogP contribution in [-0.4, -0.2) is 65.7 Å². The number of anilines is 1. The van der Waals surface area contributed by atoms with Crippen molar-refractivity contribution in [1.29, 1.82) is 0 Å². The van der Waals surface area contributed by atoms with Crippen LogP contribution >= 0.6 is 0 Å². The van der Waals surface area contributed by atoms with Crippen LogP contribution in [0.2, 0.25) is 0 Å². The minimum atomic E-state index is -0.540. The molecule has 35 heavy (non-hydrogen) atoms. The number of carbonyl (C=O) groups excluding carboxylic acids is 1. The molecule has 0 radical (unpaired) electrons. The lowest BCUT2D eigenvalue weighted by molar-refractivity contribution is -0.163. The summed E-state index contributed by atoms with van der Waals surface area (Å²) < 4.78 is 32.2. The van der Waals surface area contributed by atoms with Gasteiger partial charge in [-0.2, -0.15) is 0 Å². The molecule has 0 unspecified atom stereocenters. The van der Waals surface area contributed by atoms with Crippen LogP contribution in [-0.2, 0) is 20.6 Å². The van der Waals surface area contributed by atoms with Crippen LogP contribution in [0.25, 0.3) is 11.0 Å². The number of amides is 1. The first-order valence-corrected chi connectivity index (χ1v) is 12.6. The second-order valence-electron chi connectivity index (χ2n) is 11.1. The minimum Gasteiger partial charge on any atom is -0.444 e. The van der Waals surface area contributed by atoms with Gasteiger partial charge in [0.05, 0.1) is 48.2 Å². The van der Waals surface area contributed by atoms with E-state index in [1.54, 1.807) is 0 Å². The highest BCUT2D eigenvalue weighted by atomic mass is 19.1. The molecule has 1 saturated carbocycles. The molecule has 3 saturated heterocycles. The Hall–Kier alpha value is -2.52. The molecule has 0 atom stereocenters. The van der Waals surface area contributed by atoms with Gasteiger partial charge in [0.2, 0.25) is 0 Å². The number of carbonyl (C=O) groups is 1. The maximum Gasteiger partial charge on any atom is 0.408 e. The number of hydrogen-bond acceptors (Lipinski definition) is 7. The van der Waals surface area contributed by atoms with Crippen LogP contribution < -0.4 is 10.2 Å². The van der Waals surface area contributed by atoms with Crippen LogP contribution in [0.5, 0.6) is 0 Å². The average molecular weight is 487 g/mol. The monoisotopic (exact) mass is 486 g/mol. The molecule has 4 aliphatic rings. The lowest BCUT2D eigenvalue weighted by Gasteiger charge is -2.53. The molecule has 1 amide bonds. The van der Waals surface area contributed by atoms with E-state index in [4.69, 9.17) is 19.2 Å². The average Bonchev–Trinajstić information content (AvgIpc) is 2.83.